The van der Waals surface area contributed by atoms with Gasteiger partial charge in [-0.25, -0.2) is 8.42 Å². The summed E-state index contributed by atoms with van der Waals surface area (Å²) in [6, 6.07) is 5.20. The zero-order valence-electron chi connectivity index (χ0n) is 12.6. The summed E-state index contributed by atoms with van der Waals surface area (Å²) < 4.78 is 27.1. The highest BCUT2D eigenvalue weighted by molar-refractivity contribution is 7.93. The molecular weight excluding hydrogens is 286 g/mol. The molecular formula is C15H19N3O2S. The molecule has 0 amide bonds. The van der Waals surface area contributed by atoms with Crippen LogP contribution in [0.1, 0.15) is 16.7 Å². The van der Waals surface area contributed by atoms with Crippen molar-refractivity contribution < 1.29 is 8.42 Å². The van der Waals surface area contributed by atoms with Gasteiger partial charge in [-0.1, -0.05) is 0 Å². The molecule has 2 aromatic rings. The average Bonchev–Trinajstić information content (AvgIpc) is 2.45. The van der Waals surface area contributed by atoms with Crippen LogP contribution in [0, 0.1) is 20.8 Å². The third-order valence-electron chi connectivity index (χ3n) is 3.71. The first-order valence-electron chi connectivity index (χ1n) is 6.52. The molecule has 6 heteroatoms. The Morgan fingerprint density at radius 1 is 1.19 bits per heavy atom. The first-order valence-corrected chi connectivity index (χ1v) is 7.96. The second kappa shape index (κ2) is 5.37. The number of hydrogen-bond acceptors (Lipinski definition) is 4. The van der Waals surface area contributed by atoms with Crippen LogP contribution in [0.5, 0.6) is 0 Å². The topological polar surface area (TPSA) is 76.3 Å². The number of benzene rings is 1. The minimum Gasteiger partial charge on any atom is -0.398 e. The number of rotatable bonds is 3. The lowest BCUT2D eigenvalue weighted by Crippen LogP contribution is -2.28. The first-order chi connectivity index (χ1) is 9.76. The molecule has 5 nitrogen and oxygen atoms in total. The second-order valence-corrected chi connectivity index (χ2v) is 6.95. The quantitative estimate of drug-likeness (QED) is 0.884. The lowest BCUT2D eigenvalue weighted by molar-refractivity contribution is 0.593. The fraction of sp³-hybridized carbons (Fsp3) is 0.267. The summed E-state index contributed by atoms with van der Waals surface area (Å²) in [5.74, 6) is 0. The van der Waals surface area contributed by atoms with Crippen LogP contribution in [-0.4, -0.2) is 20.4 Å². The molecule has 1 aromatic heterocycles. The molecule has 0 aliphatic rings. The molecule has 0 saturated carbocycles. The number of hydrogen-bond donors (Lipinski definition) is 1. The van der Waals surface area contributed by atoms with Crippen molar-refractivity contribution in [3.63, 3.8) is 0 Å². The van der Waals surface area contributed by atoms with Crippen LogP contribution in [0.4, 0.5) is 11.4 Å². The van der Waals surface area contributed by atoms with Crippen molar-refractivity contribution >= 4 is 21.4 Å². The highest BCUT2D eigenvalue weighted by atomic mass is 32.2. The number of pyridine rings is 1. The zero-order chi connectivity index (χ0) is 15.8. The number of anilines is 2. The molecule has 1 heterocycles. The predicted octanol–water partition coefficient (Wildman–Crippen LogP) is 2.41. The van der Waals surface area contributed by atoms with Gasteiger partial charge in [-0.05, 0) is 55.7 Å². The van der Waals surface area contributed by atoms with Crippen LogP contribution >= 0.6 is 0 Å². The summed E-state index contributed by atoms with van der Waals surface area (Å²) in [6.07, 6.45) is 3.12. The van der Waals surface area contributed by atoms with Crippen LogP contribution in [0.15, 0.2) is 35.5 Å². The van der Waals surface area contributed by atoms with Gasteiger partial charge < -0.3 is 5.73 Å². The van der Waals surface area contributed by atoms with E-state index in [4.69, 9.17) is 5.73 Å². The Hall–Kier alpha value is -2.08. The highest BCUT2D eigenvalue weighted by Crippen LogP contribution is 2.31. The SMILES string of the molecule is Cc1cc(N)c(C)c(S(=O)(=O)N(C)c2cccnc2)c1C. The monoisotopic (exact) mass is 305 g/mol. The van der Waals surface area contributed by atoms with Gasteiger partial charge in [0.25, 0.3) is 10.0 Å². The van der Waals surface area contributed by atoms with Crippen LogP contribution in [0.25, 0.3) is 0 Å². The van der Waals surface area contributed by atoms with Gasteiger partial charge in [0.15, 0.2) is 0 Å². The fourth-order valence-corrected chi connectivity index (χ4v) is 3.96. The van der Waals surface area contributed by atoms with Crippen molar-refractivity contribution in [1.82, 2.24) is 4.98 Å². The van der Waals surface area contributed by atoms with Crippen molar-refractivity contribution in [2.75, 3.05) is 17.1 Å². The van der Waals surface area contributed by atoms with E-state index in [0.29, 0.717) is 16.9 Å². The molecule has 2 N–H and O–H groups in total. The number of aromatic nitrogens is 1. The Balaban J connectivity index is 2.66. The van der Waals surface area contributed by atoms with Gasteiger partial charge in [0.2, 0.25) is 0 Å². The number of nitrogen functional groups attached to an aromatic ring is 1. The largest absolute Gasteiger partial charge is 0.398 e. The summed E-state index contributed by atoms with van der Waals surface area (Å²) >= 11 is 0. The summed E-state index contributed by atoms with van der Waals surface area (Å²) in [5, 5.41) is 0. The van der Waals surface area contributed by atoms with Crippen LogP contribution < -0.4 is 10.0 Å². The summed E-state index contributed by atoms with van der Waals surface area (Å²) in [6.45, 7) is 5.38. The van der Waals surface area contributed by atoms with Gasteiger partial charge >= 0.3 is 0 Å². The van der Waals surface area contributed by atoms with Crippen LogP contribution in [0.3, 0.4) is 0 Å². The van der Waals surface area contributed by atoms with E-state index in [1.807, 2.05) is 6.92 Å². The molecule has 21 heavy (non-hydrogen) atoms. The summed E-state index contributed by atoms with van der Waals surface area (Å²) in [5.41, 5.74) is 9.08. The standard InChI is InChI=1S/C15H19N3O2S/c1-10-8-14(16)12(3)15(11(10)2)21(19,20)18(4)13-6-5-7-17-9-13/h5-9H,16H2,1-4H3. The van der Waals surface area contributed by atoms with Gasteiger partial charge in [-0.2, -0.15) is 0 Å². The van der Waals surface area contributed by atoms with E-state index < -0.39 is 10.0 Å². The second-order valence-electron chi connectivity index (χ2n) is 5.05. The molecule has 0 spiro atoms. The predicted molar refractivity (Wildman–Crippen MR) is 84.9 cm³/mol. The fourth-order valence-electron chi connectivity index (χ4n) is 2.24. The van der Waals surface area contributed by atoms with E-state index >= 15 is 0 Å². The Morgan fingerprint density at radius 3 is 2.43 bits per heavy atom. The van der Waals surface area contributed by atoms with Gasteiger partial charge in [0, 0.05) is 18.9 Å². The maximum atomic E-state index is 12.9. The van der Waals surface area contributed by atoms with Crippen LogP contribution in [-0.2, 0) is 10.0 Å². The number of nitrogens with two attached hydrogens (primary N) is 1. The smallest absolute Gasteiger partial charge is 0.264 e. The Labute approximate surface area is 125 Å². The van der Waals surface area contributed by atoms with E-state index in [-0.39, 0.29) is 4.90 Å². The van der Waals surface area contributed by atoms with E-state index in [9.17, 15) is 8.42 Å². The number of aryl methyl sites for hydroxylation is 1. The van der Waals surface area contributed by atoms with E-state index in [2.05, 4.69) is 4.98 Å². The first kappa shape index (κ1) is 15.3. The molecule has 0 aliphatic carbocycles. The maximum Gasteiger partial charge on any atom is 0.264 e. The maximum absolute atomic E-state index is 12.9. The Morgan fingerprint density at radius 2 is 1.86 bits per heavy atom. The molecule has 0 atom stereocenters. The van der Waals surface area contributed by atoms with E-state index in [1.165, 1.54) is 17.5 Å². The third kappa shape index (κ3) is 2.58. The summed E-state index contributed by atoms with van der Waals surface area (Å²) in [7, 11) is -2.17. The van der Waals surface area contributed by atoms with Crippen molar-refractivity contribution in [3.05, 3.63) is 47.3 Å². The van der Waals surface area contributed by atoms with Gasteiger partial charge in [-0.3, -0.25) is 9.29 Å². The third-order valence-corrected chi connectivity index (χ3v) is 5.77. The molecule has 0 radical (unpaired) electrons. The normalized spacial score (nSPS) is 11.4. The minimum absolute atomic E-state index is 0.270. The average molecular weight is 305 g/mol. The lowest BCUT2D eigenvalue weighted by Gasteiger charge is -2.23. The van der Waals surface area contributed by atoms with E-state index in [1.54, 1.807) is 38.2 Å². The van der Waals surface area contributed by atoms with Crippen LogP contribution in [0.2, 0.25) is 0 Å². The Bertz CT molecular complexity index is 745. The molecule has 0 fully saturated rings. The summed E-state index contributed by atoms with van der Waals surface area (Å²) in [4.78, 5) is 4.23. The zero-order valence-corrected chi connectivity index (χ0v) is 13.4. The van der Waals surface area contributed by atoms with Crippen molar-refractivity contribution in [1.29, 1.82) is 0 Å². The Kier molecular flexibility index (Phi) is 3.91. The molecule has 0 aliphatic heterocycles. The molecule has 1 aromatic carbocycles. The number of nitrogens with zero attached hydrogens (tertiary/aromatic N) is 2. The van der Waals surface area contributed by atoms with Crippen molar-refractivity contribution in [2.24, 2.45) is 0 Å². The molecule has 0 saturated heterocycles. The molecule has 0 unspecified atom stereocenters. The van der Waals surface area contributed by atoms with Crippen molar-refractivity contribution in [2.45, 2.75) is 25.7 Å². The molecule has 112 valence electrons. The van der Waals surface area contributed by atoms with Gasteiger partial charge in [0.1, 0.15) is 0 Å². The van der Waals surface area contributed by atoms with Gasteiger partial charge in [-0.15, -0.1) is 0 Å². The lowest BCUT2D eigenvalue weighted by atomic mass is 10.1. The molecule has 2 rings (SSSR count). The van der Waals surface area contributed by atoms with Crippen molar-refractivity contribution in [3.8, 4) is 0 Å². The van der Waals surface area contributed by atoms with Gasteiger partial charge in [0.05, 0.1) is 16.8 Å². The number of sulfonamides is 1. The minimum atomic E-state index is -3.69. The highest BCUT2D eigenvalue weighted by Gasteiger charge is 2.27. The van der Waals surface area contributed by atoms with E-state index in [0.717, 1.165) is 11.1 Å². The molecule has 0 bridgehead atoms.